The molecular weight excluding hydrogens is 288 g/mol. The van der Waals surface area contributed by atoms with Gasteiger partial charge in [0.1, 0.15) is 22.2 Å². The number of halogens is 2. The molecule has 0 fully saturated rings. The second-order valence-electron chi connectivity index (χ2n) is 3.98. The Balaban J connectivity index is 2.36. The first kappa shape index (κ1) is 14.1. The molecule has 0 atom stereocenters. The van der Waals surface area contributed by atoms with E-state index in [9.17, 15) is 18.4 Å². The van der Waals surface area contributed by atoms with Crippen LogP contribution in [0.2, 0.25) is 0 Å². The molecule has 4 nitrogen and oxygen atoms in total. The smallest absolute Gasteiger partial charge is 0.338 e. The predicted octanol–water partition coefficient (Wildman–Crippen LogP) is 3.29. The fourth-order valence-electron chi connectivity index (χ4n) is 1.60. The van der Waals surface area contributed by atoms with Crippen LogP contribution in [-0.4, -0.2) is 17.0 Å². The van der Waals surface area contributed by atoms with Crippen molar-refractivity contribution >= 4 is 28.2 Å². The van der Waals surface area contributed by atoms with Crippen LogP contribution in [0.5, 0.6) is 0 Å². The van der Waals surface area contributed by atoms with Crippen molar-refractivity contribution in [1.29, 1.82) is 0 Å². The molecule has 2 rings (SSSR count). The number of carbonyl (C=O) groups excluding carboxylic acids is 1. The van der Waals surface area contributed by atoms with Gasteiger partial charge in [0.25, 0.3) is 5.91 Å². The Morgan fingerprint density at radius 2 is 1.95 bits per heavy atom. The minimum atomic E-state index is -1.23. The van der Waals surface area contributed by atoms with Gasteiger partial charge in [0.15, 0.2) is 0 Å². The van der Waals surface area contributed by atoms with Crippen LogP contribution in [0.25, 0.3) is 0 Å². The Morgan fingerprint density at radius 1 is 1.25 bits per heavy atom. The first-order valence-electron chi connectivity index (χ1n) is 5.48. The number of thiophene rings is 1. The van der Waals surface area contributed by atoms with Crippen LogP contribution in [0, 0.1) is 18.6 Å². The maximum absolute atomic E-state index is 13.8. The third-order valence-corrected chi connectivity index (χ3v) is 3.46. The number of carbonyl (C=O) groups is 2. The van der Waals surface area contributed by atoms with Crippen LogP contribution in [0.1, 0.15) is 26.3 Å². The van der Waals surface area contributed by atoms with Crippen molar-refractivity contribution in [2.45, 2.75) is 6.92 Å². The summed E-state index contributed by atoms with van der Waals surface area (Å²) in [6.07, 6.45) is 0. The van der Waals surface area contributed by atoms with Gasteiger partial charge in [-0.3, -0.25) is 4.79 Å². The molecular formula is C13H9F2NO3S. The van der Waals surface area contributed by atoms with Crippen LogP contribution < -0.4 is 5.32 Å². The van der Waals surface area contributed by atoms with E-state index in [0.717, 1.165) is 17.4 Å². The van der Waals surface area contributed by atoms with Crippen molar-refractivity contribution in [3.05, 3.63) is 51.9 Å². The van der Waals surface area contributed by atoms with Crippen LogP contribution in [0.3, 0.4) is 0 Å². The quantitative estimate of drug-likeness (QED) is 0.913. The Hall–Kier alpha value is -2.28. The first-order chi connectivity index (χ1) is 9.41. The molecule has 104 valence electrons. The summed E-state index contributed by atoms with van der Waals surface area (Å²) in [5.74, 6) is -4.21. The third-order valence-electron chi connectivity index (χ3n) is 2.63. The van der Waals surface area contributed by atoms with Crippen molar-refractivity contribution in [3.8, 4) is 0 Å². The minimum Gasteiger partial charge on any atom is -0.478 e. The lowest BCUT2D eigenvalue weighted by molar-refractivity contribution is 0.0698. The van der Waals surface area contributed by atoms with Gasteiger partial charge in [-0.15, -0.1) is 11.3 Å². The average molecular weight is 297 g/mol. The molecule has 0 saturated heterocycles. The molecule has 0 aliphatic heterocycles. The van der Waals surface area contributed by atoms with Crippen molar-refractivity contribution < 1.29 is 23.5 Å². The van der Waals surface area contributed by atoms with Crippen LogP contribution in [0.15, 0.2) is 23.6 Å². The van der Waals surface area contributed by atoms with E-state index >= 15 is 0 Å². The molecule has 1 aromatic heterocycles. The molecule has 0 aliphatic carbocycles. The maximum Gasteiger partial charge on any atom is 0.338 e. The zero-order valence-corrected chi connectivity index (χ0v) is 11.1. The number of hydrogen-bond donors (Lipinski definition) is 2. The monoisotopic (exact) mass is 297 g/mol. The summed E-state index contributed by atoms with van der Waals surface area (Å²) in [7, 11) is 0. The van der Waals surface area contributed by atoms with Gasteiger partial charge in [-0.2, -0.15) is 0 Å². The van der Waals surface area contributed by atoms with Gasteiger partial charge in [-0.05, 0) is 30.0 Å². The van der Waals surface area contributed by atoms with Gasteiger partial charge < -0.3 is 10.4 Å². The fourth-order valence-corrected chi connectivity index (χ4v) is 2.38. The van der Waals surface area contributed by atoms with E-state index < -0.39 is 29.1 Å². The number of aromatic carboxylic acids is 1. The highest BCUT2D eigenvalue weighted by Crippen LogP contribution is 2.25. The number of hydrogen-bond acceptors (Lipinski definition) is 3. The molecule has 1 aromatic carbocycles. The van der Waals surface area contributed by atoms with Crippen molar-refractivity contribution in [3.63, 3.8) is 0 Å². The summed E-state index contributed by atoms with van der Waals surface area (Å²) < 4.78 is 27.3. The number of anilines is 1. The molecule has 1 heterocycles. The number of rotatable bonds is 3. The molecule has 0 radical (unpaired) electrons. The zero-order valence-electron chi connectivity index (χ0n) is 10.2. The first-order valence-corrected chi connectivity index (χ1v) is 6.36. The topological polar surface area (TPSA) is 66.4 Å². The SMILES string of the molecule is Cc1ccc(F)c(C(=O)Nc2sccc2C(=O)O)c1F. The second-order valence-corrected chi connectivity index (χ2v) is 4.89. The van der Waals surface area contributed by atoms with Gasteiger partial charge in [-0.1, -0.05) is 6.07 Å². The van der Waals surface area contributed by atoms with Gasteiger partial charge in [0.2, 0.25) is 0 Å². The van der Waals surface area contributed by atoms with Gasteiger partial charge in [-0.25, -0.2) is 13.6 Å². The summed E-state index contributed by atoms with van der Waals surface area (Å²) >= 11 is 0.959. The van der Waals surface area contributed by atoms with E-state index in [1.54, 1.807) is 0 Å². The number of aryl methyl sites for hydroxylation is 1. The highest BCUT2D eigenvalue weighted by molar-refractivity contribution is 7.14. The summed E-state index contributed by atoms with van der Waals surface area (Å²) in [5.41, 5.74) is -0.729. The normalized spacial score (nSPS) is 10.3. The number of carboxylic acids is 1. The predicted molar refractivity (Wildman–Crippen MR) is 70.3 cm³/mol. The number of amides is 1. The van der Waals surface area contributed by atoms with Gasteiger partial charge >= 0.3 is 5.97 Å². The Morgan fingerprint density at radius 3 is 2.60 bits per heavy atom. The van der Waals surface area contributed by atoms with E-state index in [1.807, 2.05) is 0 Å². The summed E-state index contributed by atoms with van der Waals surface area (Å²) in [5, 5.41) is 12.6. The molecule has 7 heteroatoms. The Kier molecular flexibility index (Phi) is 3.80. The fraction of sp³-hybridized carbons (Fsp3) is 0.0769. The number of nitrogens with one attached hydrogen (secondary N) is 1. The van der Waals surface area contributed by atoms with Crippen LogP contribution in [0.4, 0.5) is 13.8 Å². The van der Waals surface area contributed by atoms with Crippen LogP contribution in [-0.2, 0) is 0 Å². The Labute approximate surface area is 116 Å². The standard InChI is InChI=1S/C13H9F2NO3S/c1-6-2-3-8(14)9(10(6)15)11(17)16-12-7(13(18)19)4-5-20-12/h2-5H,1H3,(H,16,17)(H,18,19). The molecule has 0 saturated carbocycles. The summed E-state index contributed by atoms with van der Waals surface area (Å²) in [6, 6.07) is 3.50. The zero-order chi connectivity index (χ0) is 14.9. The lowest BCUT2D eigenvalue weighted by Crippen LogP contribution is -2.17. The molecule has 0 bridgehead atoms. The number of carboxylic acid groups (broad SMARTS) is 1. The largest absolute Gasteiger partial charge is 0.478 e. The number of benzene rings is 1. The third kappa shape index (κ3) is 2.53. The van der Waals surface area contributed by atoms with Crippen molar-refractivity contribution in [2.75, 3.05) is 5.32 Å². The van der Waals surface area contributed by atoms with E-state index in [2.05, 4.69) is 5.32 Å². The molecule has 1 amide bonds. The summed E-state index contributed by atoms with van der Waals surface area (Å²) in [6.45, 7) is 1.40. The van der Waals surface area contributed by atoms with Crippen molar-refractivity contribution in [1.82, 2.24) is 0 Å². The average Bonchev–Trinajstić information content (AvgIpc) is 2.82. The second kappa shape index (κ2) is 5.38. The highest BCUT2D eigenvalue weighted by atomic mass is 32.1. The Bertz CT molecular complexity index is 697. The molecule has 0 unspecified atom stereocenters. The van der Waals surface area contributed by atoms with Crippen LogP contribution >= 0.6 is 11.3 Å². The molecule has 0 aliphatic rings. The lowest BCUT2D eigenvalue weighted by atomic mass is 10.1. The van der Waals surface area contributed by atoms with Gasteiger partial charge in [0.05, 0.1) is 5.56 Å². The lowest BCUT2D eigenvalue weighted by Gasteiger charge is -2.08. The van der Waals surface area contributed by atoms with E-state index in [-0.39, 0.29) is 16.1 Å². The van der Waals surface area contributed by atoms with E-state index in [4.69, 9.17) is 5.11 Å². The van der Waals surface area contributed by atoms with Crippen molar-refractivity contribution in [2.24, 2.45) is 0 Å². The highest BCUT2D eigenvalue weighted by Gasteiger charge is 2.21. The van der Waals surface area contributed by atoms with E-state index in [0.29, 0.717) is 0 Å². The minimum absolute atomic E-state index is 0.0304. The maximum atomic E-state index is 13.8. The van der Waals surface area contributed by atoms with E-state index in [1.165, 1.54) is 24.4 Å². The van der Waals surface area contributed by atoms with Gasteiger partial charge in [0, 0.05) is 0 Å². The summed E-state index contributed by atoms with van der Waals surface area (Å²) in [4.78, 5) is 22.8. The molecule has 2 aromatic rings. The molecule has 20 heavy (non-hydrogen) atoms. The molecule has 0 spiro atoms. The molecule has 2 N–H and O–H groups in total.